The van der Waals surface area contributed by atoms with Crippen LogP contribution in [0, 0.1) is 10.8 Å². The largest absolute Gasteiger partial charge is 0.448 e. The Bertz CT molecular complexity index is 871. The molecule has 2 aliphatic rings. The van der Waals surface area contributed by atoms with Gasteiger partial charge in [-0.15, -0.1) is 0 Å². The summed E-state index contributed by atoms with van der Waals surface area (Å²) in [6.07, 6.45) is 2.91. The Balaban J connectivity index is 1.74. The Kier molecular flexibility index (Phi) is 2.87. The lowest BCUT2D eigenvalue weighted by molar-refractivity contribution is -0.165. The van der Waals surface area contributed by atoms with E-state index in [0.29, 0.717) is 18.5 Å². The van der Waals surface area contributed by atoms with Gasteiger partial charge in [-0.3, -0.25) is 14.6 Å². The molecular formula is C19H20N2O3. The van der Waals surface area contributed by atoms with Crippen LogP contribution < -0.4 is 5.32 Å². The van der Waals surface area contributed by atoms with E-state index in [1.165, 1.54) is 0 Å². The molecule has 2 aromatic rings. The minimum Gasteiger partial charge on any atom is -0.448 e. The van der Waals surface area contributed by atoms with Crippen molar-refractivity contribution in [3.8, 4) is 0 Å². The predicted molar refractivity (Wildman–Crippen MR) is 90.3 cm³/mol. The van der Waals surface area contributed by atoms with E-state index in [2.05, 4.69) is 10.3 Å². The molecule has 2 bridgehead atoms. The summed E-state index contributed by atoms with van der Waals surface area (Å²) in [5.74, 6) is -0.537. The van der Waals surface area contributed by atoms with Crippen LogP contribution in [0.3, 0.4) is 0 Å². The summed E-state index contributed by atoms with van der Waals surface area (Å²) < 4.78 is 5.64. The van der Waals surface area contributed by atoms with Crippen molar-refractivity contribution >= 4 is 28.5 Å². The topological polar surface area (TPSA) is 68.3 Å². The van der Waals surface area contributed by atoms with Gasteiger partial charge in [-0.25, -0.2) is 0 Å². The molecule has 2 atom stereocenters. The molecule has 1 aliphatic heterocycles. The number of hydrogen-bond acceptors (Lipinski definition) is 4. The normalized spacial score (nSPS) is 30.4. The standard InChI is InChI=1S/C19H20N2O3/c1-17(2)18(3)9-10-19(17,24-16(18)23)15(22)21-13-8-4-6-12-7-5-11-20-14(12)13/h4-8,11H,9-10H2,1-3H3,(H,21,22). The fraction of sp³-hybridized carbons (Fsp3) is 0.421. The molecule has 1 saturated heterocycles. The monoisotopic (exact) mass is 324 g/mol. The SMILES string of the molecule is CC12CCC(C(=O)Nc3cccc4cccnc34)(OC1=O)C2(C)C. The molecule has 1 amide bonds. The Labute approximate surface area is 140 Å². The second-order valence-electron chi connectivity index (χ2n) is 7.51. The summed E-state index contributed by atoms with van der Waals surface area (Å²) in [4.78, 5) is 29.8. The molecule has 5 heteroatoms. The molecule has 0 radical (unpaired) electrons. The van der Waals surface area contributed by atoms with Crippen LogP contribution in [-0.4, -0.2) is 22.5 Å². The Morgan fingerprint density at radius 3 is 2.58 bits per heavy atom. The van der Waals surface area contributed by atoms with Crippen LogP contribution in [0.1, 0.15) is 33.6 Å². The number of nitrogens with one attached hydrogen (secondary N) is 1. The Morgan fingerprint density at radius 1 is 1.17 bits per heavy atom. The molecule has 5 nitrogen and oxygen atoms in total. The number of benzene rings is 1. The minimum atomic E-state index is -1.12. The highest BCUT2D eigenvalue weighted by Gasteiger charge is 2.75. The van der Waals surface area contributed by atoms with Crippen LogP contribution >= 0.6 is 0 Å². The molecular weight excluding hydrogens is 304 g/mol. The number of nitrogens with zero attached hydrogens (tertiary/aromatic N) is 1. The first-order chi connectivity index (χ1) is 11.3. The second-order valence-corrected chi connectivity index (χ2v) is 7.51. The van der Waals surface area contributed by atoms with Crippen molar-refractivity contribution in [1.29, 1.82) is 0 Å². The van der Waals surface area contributed by atoms with Gasteiger partial charge in [-0.1, -0.05) is 32.0 Å². The van der Waals surface area contributed by atoms with E-state index in [1.807, 2.05) is 51.1 Å². The van der Waals surface area contributed by atoms with E-state index >= 15 is 0 Å². The molecule has 124 valence electrons. The van der Waals surface area contributed by atoms with Crippen molar-refractivity contribution in [3.05, 3.63) is 36.5 Å². The highest BCUT2D eigenvalue weighted by Crippen LogP contribution is 2.65. The Morgan fingerprint density at radius 2 is 1.92 bits per heavy atom. The van der Waals surface area contributed by atoms with Crippen molar-refractivity contribution in [2.45, 2.75) is 39.2 Å². The average Bonchev–Trinajstić information content (AvgIpc) is 2.85. The third kappa shape index (κ3) is 1.62. The van der Waals surface area contributed by atoms with Gasteiger partial charge < -0.3 is 10.1 Å². The summed E-state index contributed by atoms with van der Waals surface area (Å²) in [7, 11) is 0. The summed E-state index contributed by atoms with van der Waals surface area (Å²) in [5.41, 5.74) is -0.913. The number of hydrogen-bond donors (Lipinski definition) is 1. The number of carbonyl (C=O) groups excluding carboxylic acids is 2. The Hall–Kier alpha value is -2.43. The van der Waals surface area contributed by atoms with Gasteiger partial charge in [0.15, 0.2) is 5.60 Å². The quantitative estimate of drug-likeness (QED) is 0.861. The molecule has 2 unspecified atom stereocenters. The van der Waals surface area contributed by atoms with Crippen LogP contribution in [0.2, 0.25) is 0 Å². The molecule has 2 heterocycles. The number of carbonyl (C=O) groups is 2. The third-order valence-corrected chi connectivity index (χ3v) is 6.33. The van der Waals surface area contributed by atoms with Gasteiger partial charge in [0, 0.05) is 17.0 Å². The van der Waals surface area contributed by atoms with Gasteiger partial charge >= 0.3 is 5.97 Å². The number of anilines is 1. The molecule has 24 heavy (non-hydrogen) atoms. The molecule has 1 N–H and O–H groups in total. The number of ether oxygens (including phenoxy) is 1. The van der Waals surface area contributed by atoms with E-state index in [4.69, 9.17) is 4.74 Å². The summed E-state index contributed by atoms with van der Waals surface area (Å²) >= 11 is 0. The van der Waals surface area contributed by atoms with Gasteiger partial charge in [0.25, 0.3) is 5.91 Å². The van der Waals surface area contributed by atoms with Gasteiger partial charge in [-0.2, -0.15) is 0 Å². The highest BCUT2D eigenvalue weighted by molar-refractivity contribution is 6.07. The van der Waals surface area contributed by atoms with Crippen molar-refractivity contribution in [1.82, 2.24) is 4.98 Å². The van der Waals surface area contributed by atoms with Crippen molar-refractivity contribution in [3.63, 3.8) is 0 Å². The first kappa shape index (κ1) is 15.1. The maximum Gasteiger partial charge on any atom is 0.313 e. The summed E-state index contributed by atoms with van der Waals surface area (Å²) in [5, 5.41) is 3.91. The van der Waals surface area contributed by atoms with Crippen molar-refractivity contribution < 1.29 is 14.3 Å². The fourth-order valence-corrected chi connectivity index (χ4v) is 4.18. The van der Waals surface area contributed by atoms with Gasteiger partial charge in [0.1, 0.15) is 0 Å². The van der Waals surface area contributed by atoms with Gasteiger partial charge in [0.2, 0.25) is 0 Å². The number of amides is 1. The second kappa shape index (κ2) is 4.56. The van der Waals surface area contributed by atoms with Gasteiger partial charge in [-0.05, 0) is 31.9 Å². The van der Waals surface area contributed by atoms with Crippen LogP contribution in [0.4, 0.5) is 5.69 Å². The molecule has 1 aliphatic carbocycles. The first-order valence-corrected chi connectivity index (χ1v) is 8.20. The number of para-hydroxylation sites is 1. The maximum atomic E-state index is 13.1. The number of aromatic nitrogens is 1. The van der Waals surface area contributed by atoms with E-state index in [1.54, 1.807) is 6.20 Å². The zero-order chi connectivity index (χ0) is 17.2. The third-order valence-electron chi connectivity index (χ3n) is 6.33. The lowest BCUT2D eigenvalue weighted by atomic mass is 9.66. The van der Waals surface area contributed by atoms with Crippen molar-refractivity contribution in [2.75, 3.05) is 5.32 Å². The van der Waals surface area contributed by atoms with Crippen LogP contribution in [-0.2, 0) is 14.3 Å². The molecule has 1 saturated carbocycles. The van der Waals surface area contributed by atoms with Crippen LogP contribution in [0.5, 0.6) is 0 Å². The van der Waals surface area contributed by atoms with E-state index < -0.39 is 16.4 Å². The van der Waals surface area contributed by atoms with Gasteiger partial charge in [0.05, 0.1) is 16.6 Å². The molecule has 2 fully saturated rings. The lowest BCUT2D eigenvalue weighted by Gasteiger charge is -2.35. The average molecular weight is 324 g/mol. The molecule has 4 rings (SSSR count). The number of rotatable bonds is 2. The fourth-order valence-electron chi connectivity index (χ4n) is 4.18. The van der Waals surface area contributed by atoms with Crippen LogP contribution in [0.15, 0.2) is 36.5 Å². The number of pyridine rings is 1. The first-order valence-electron chi connectivity index (χ1n) is 8.20. The minimum absolute atomic E-state index is 0.264. The van der Waals surface area contributed by atoms with E-state index in [0.717, 1.165) is 10.9 Å². The van der Waals surface area contributed by atoms with Crippen molar-refractivity contribution in [2.24, 2.45) is 10.8 Å². The number of esters is 1. The smallest absolute Gasteiger partial charge is 0.313 e. The number of fused-ring (bicyclic) bond motifs is 3. The van der Waals surface area contributed by atoms with E-state index in [9.17, 15) is 9.59 Å². The zero-order valence-electron chi connectivity index (χ0n) is 14.1. The lowest BCUT2D eigenvalue weighted by Crippen LogP contribution is -2.50. The zero-order valence-corrected chi connectivity index (χ0v) is 14.1. The molecule has 1 aromatic heterocycles. The molecule has 1 aromatic carbocycles. The highest BCUT2D eigenvalue weighted by atomic mass is 16.6. The summed E-state index contributed by atoms with van der Waals surface area (Å²) in [6.45, 7) is 5.80. The molecule has 0 spiro atoms. The predicted octanol–water partition coefficient (Wildman–Crippen LogP) is 3.30. The maximum absolute atomic E-state index is 13.1. The summed E-state index contributed by atoms with van der Waals surface area (Å²) in [6, 6.07) is 9.45. The van der Waals surface area contributed by atoms with E-state index in [-0.39, 0.29) is 11.9 Å². The van der Waals surface area contributed by atoms with Crippen LogP contribution in [0.25, 0.3) is 10.9 Å².